The van der Waals surface area contributed by atoms with E-state index in [-0.39, 0.29) is 29.2 Å². The maximum Gasteiger partial charge on any atom is 0.338 e. The van der Waals surface area contributed by atoms with Crippen LogP contribution in [-0.2, 0) is 11.3 Å². The van der Waals surface area contributed by atoms with E-state index in [4.69, 9.17) is 18.6 Å². The molecule has 184 valence electrons. The Bertz CT molecular complexity index is 1460. The molecule has 0 amide bonds. The topological polar surface area (TPSA) is 118 Å². The number of hydrogen-bond donors (Lipinski definition) is 0. The molecular weight excluding hydrogens is 466 g/mol. The quantitative estimate of drug-likeness (QED) is 0.161. The van der Waals surface area contributed by atoms with Crippen LogP contribution in [0.4, 0.5) is 5.69 Å². The van der Waals surface area contributed by atoms with E-state index < -0.39 is 10.9 Å². The summed E-state index contributed by atoms with van der Waals surface area (Å²) in [5, 5.41) is 11.1. The Morgan fingerprint density at radius 2 is 1.69 bits per heavy atom. The molecule has 1 aromatic heterocycles. The number of nitro groups is 1. The second-order valence-electron chi connectivity index (χ2n) is 7.95. The van der Waals surface area contributed by atoms with Crippen molar-refractivity contribution in [2.24, 2.45) is 0 Å². The van der Waals surface area contributed by atoms with Crippen molar-refractivity contribution in [3.63, 3.8) is 0 Å². The number of non-ortho nitro benzene ring substituents is 1. The highest BCUT2D eigenvalue weighted by atomic mass is 16.6. The van der Waals surface area contributed by atoms with E-state index in [1.54, 1.807) is 61.5 Å². The van der Waals surface area contributed by atoms with E-state index in [1.165, 1.54) is 12.1 Å². The maximum absolute atomic E-state index is 13.1. The predicted octanol–water partition coefficient (Wildman–Crippen LogP) is 5.95. The summed E-state index contributed by atoms with van der Waals surface area (Å²) in [5.74, 6) is 0.758. The molecule has 9 heteroatoms. The molecule has 4 rings (SSSR count). The zero-order valence-electron chi connectivity index (χ0n) is 19.7. The molecule has 0 atom stereocenters. The molecule has 0 radical (unpaired) electrons. The van der Waals surface area contributed by atoms with E-state index in [1.807, 2.05) is 6.92 Å². The Labute approximate surface area is 206 Å². The lowest BCUT2D eigenvalue weighted by molar-refractivity contribution is -0.384. The first-order valence-corrected chi connectivity index (χ1v) is 11.2. The molecule has 0 aliphatic heterocycles. The predicted molar refractivity (Wildman–Crippen MR) is 132 cm³/mol. The summed E-state index contributed by atoms with van der Waals surface area (Å²) in [6, 6.07) is 17.2. The van der Waals surface area contributed by atoms with Gasteiger partial charge in [-0.3, -0.25) is 14.9 Å². The summed E-state index contributed by atoms with van der Waals surface area (Å²) >= 11 is 0. The lowest BCUT2D eigenvalue weighted by atomic mass is 10.2. The number of nitrogens with zero attached hydrogens (tertiary/aromatic N) is 1. The number of ether oxygens (including phenoxy) is 3. The first-order valence-electron chi connectivity index (χ1n) is 11.2. The normalized spacial score (nSPS) is 10.7. The molecule has 0 fully saturated rings. The smallest absolute Gasteiger partial charge is 0.338 e. The van der Waals surface area contributed by atoms with Crippen LogP contribution in [-0.4, -0.2) is 17.5 Å². The van der Waals surface area contributed by atoms with E-state index in [0.29, 0.717) is 34.6 Å². The average Bonchev–Trinajstić information content (AvgIpc) is 2.89. The third-order valence-electron chi connectivity index (χ3n) is 5.29. The number of carbonyl (C=O) groups is 1. The Balaban J connectivity index is 1.49. The summed E-state index contributed by atoms with van der Waals surface area (Å²) < 4.78 is 22.5. The Kier molecular flexibility index (Phi) is 7.29. The molecule has 0 saturated carbocycles. The average molecular weight is 489 g/mol. The van der Waals surface area contributed by atoms with Crippen molar-refractivity contribution < 1.29 is 28.3 Å². The largest absolute Gasteiger partial charge is 0.489 e. The van der Waals surface area contributed by atoms with Gasteiger partial charge in [-0.2, -0.15) is 0 Å². The summed E-state index contributed by atoms with van der Waals surface area (Å²) in [5.41, 5.74) is 1.14. The lowest BCUT2D eigenvalue weighted by Gasteiger charge is -2.11. The number of rotatable bonds is 9. The molecule has 0 unspecified atom stereocenters. The van der Waals surface area contributed by atoms with Gasteiger partial charge >= 0.3 is 5.97 Å². The number of aryl methyl sites for hydroxylation is 1. The molecule has 0 spiro atoms. The van der Waals surface area contributed by atoms with Crippen LogP contribution >= 0.6 is 0 Å². The van der Waals surface area contributed by atoms with E-state index >= 15 is 0 Å². The van der Waals surface area contributed by atoms with Crippen LogP contribution in [0.1, 0.15) is 35.0 Å². The van der Waals surface area contributed by atoms with Crippen molar-refractivity contribution in [1.29, 1.82) is 0 Å². The number of benzene rings is 3. The molecule has 3 aromatic carbocycles. The molecule has 0 saturated heterocycles. The SMILES string of the molecule is CCCOC(=O)c1ccc(Oc2c(C)oc3cc(OCc4ccc([N+](=O)[O-])cc4)ccc3c2=O)cc1. The molecule has 36 heavy (non-hydrogen) atoms. The van der Waals surface area contributed by atoms with Gasteiger partial charge in [-0.1, -0.05) is 6.92 Å². The maximum atomic E-state index is 13.1. The minimum Gasteiger partial charge on any atom is -0.489 e. The van der Waals surface area contributed by atoms with Crippen LogP contribution in [0.2, 0.25) is 0 Å². The summed E-state index contributed by atoms with van der Waals surface area (Å²) in [7, 11) is 0. The number of carbonyl (C=O) groups excluding carboxylic acids is 1. The minimum absolute atomic E-state index is 0.00477. The Hall–Kier alpha value is -4.66. The van der Waals surface area contributed by atoms with Crippen molar-refractivity contribution in [1.82, 2.24) is 0 Å². The summed E-state index contributed by atoms with van der Waals surface area (Å²) in [6.07, 6.45) is 0.733. The summed E-state index contributed by atoms with van der Waals surface area (Å²) in [4.78, 5) is 35.3. The van der Waals surface area contributed by atoms with E-state index in [9.17, 15) is 19.7 Å². The van der Waals surface area contributed by atoms with Gasteiger partial charge < -0.3 is 18.6 Å². The fourth-order valence-electron chi connectivity index (χ4n) is 3.41. The molecule has 0 aliphatic rings. The molecule has 9 nitrogen and oxygen atoms in total. The van der Waals surface area contributed by atoms with E-state index in [0.717, 1.165) is 12.0 Å². The number of fused-ring (bicyclic) bond motifs is 1. The Morgan fingerprint density at radius 3 is 2.36 bits per heavy atom. The van der Waals surface area contributed by atoms with Gasteiger partial charge in [0.15, 0.2) is 0 Å². The van der Waals surface area contributed by atoms with Gasteiger partial charge in [0.25, 0.3) is 5.69 Å². The second kappa shape index (κ2) is 10.7. The van der Waals surface area contributed by atoms with Crippen molar-refractivity contribution in [2.75, 3.05) is 6.61 Å². The number of nitro benzene ring substituents is 1. The zero-order chi connectivity index (χ0) is 25.7. The standard InChI is InChI=1S/C27H23NO8/c1-3-14-33-27(30)19-6-10-21(11-7-19)36-26-17(2)35-24-15-22(12-13-23(24)25(26)29)34-16-18-4-8-20(9-5-18)28(31)32/h4-13,15H,3,14,16H2,1-2H3. The third kappa shape index (κ3) is 5.52. The molecule has 0 N–H and O–H groups in total. The molecule has 0 aliphatic carbocycles. The van der Waals surface area contributed by atoms with Gasteiger partial charge in [0.05, 0.1) is 22.5 Å². The van der Waals surface area contributed by atoms with Crippen LogP contribution in [0, 0.1) is 17.0 Å². The van der Waals surface area contributed by atoms with Gasteiger partial charge in [0, 0.05) is 18.2 Å². The number of esters is 1. The zero-order valence-corrected chi connectivity index (χ0v) is 19.7. The van der Waals surface area contributed by atoms with Gasteiger partial charge in [-0.15, -0.1) is 0 Å². The molecule has 4 aromatic rings. The summed E-state index contributed by atoms with van der Waals surface area (Å²) in [6.45, 7) is 4.07. The van der Waals surface area contributed by atoms with Crippen molar-refractivity contribution >= 4 is 22.6 Å². The molecule has 0 bridgehead atoms. The lowest BCUT2D eigenvalue weighted by Crippen LogP contribution is -2.08. The first-order chi connectivity index (χ1) is 17.4. The van der Waals surface area contributed by atoms with Gasteiger partial charge in [-0.25, -0.2) is 4.79 Å². The van der Waals surface area contributed by atoms with Gasteiger partial charge in [0.1, 0.15) is 29.4 Å². The highest BCUT2D eigenvalue weighted by molar-refractivity contribution is 5.89. The fourth-order valence-corrected chi connectivity index (χ4v) is 3.41. The van der Waals surface area contributed by atoms with Crippen molar-refractivity contribution in [2.45, 2.75) is 26.9 Å². The fraction of sp³-hybridized carbons (Fsp3) is 0.185. The highest BCUT2D eigenvalue weighted by Gasteiger charge is 2.15. The van der Waals surface area contributed by atoms with Gasteiger partial charge in [-0.05, 0) is 67.4 Å². The van der Waals surface area contributed by atoms with Crippen LogP contribution in [0.3, 0.4) is 0 Å². The van der Waals surface area contributed by atoms with Crippen LogP contribution in [0.15, 0.2) is 75.9 Å². The minimum atomic E-state index is -0.462. The molecule has 1 heterocycles. The first kappa shape index (κ1) is 24.5. The Morgan fingerprint density at radius 1 is 1.00 bits per heavy atom. The van der Waals surface area contributed by atoms with Crippen molar-refractivity contribution in [3.8, 4) is 17.2 Å². The monoisotopic (exact) mass is 489 g/mol. The number of hydrogen-bond acceptors (Lipinski definition) is 8. The molecular formula is C27H23NO8. The third-order valence-corrected chi connectivity index (χ3v) is 5.29. The van der Waals surface area contributed by atoms with E-state index in [2.05, 4.69) is 0 Å². The van der Waals surface area contributed by atoms with Crippen LogP contribution in [0.25, 0.3) is 11.0 Å². The van der Waals surface area contributed by atoms with Crippen LogP contribution in [0.5, 0.6) is 17.2 Å². The van der Waals surface area contributed by atoms with Crippen LogP contribution < -0.4 is 14.9 Å². The highest BCUT2D eigenvalue weighted by Crippen LogP contribution is 2.28. The van der Waals surface area contributed by atoms with Crippen molar-refractivity contribution in [3.05, 3.63) is 104 Å². The van der Waals surface area contributed by atoms with Gasteiger partial charge in [0.2, 0.25) is 11.2 Å². The second-order valence-corrected chi connectivity index (χ2v) is 7.95.